The molecule has 2 heteroatoms. The van der Waals surface area contributed by atoms with Crippen LogP contribution in [0.3, 0.4) is 0 Å². The lowest BCUT2D eigenvalue weighted by Gasteiger charge is -2.30. The first-order valence-corrected chi connectivity index (χ1v) is 16.9. The minimum absolute atomic E-state index is 0.000217. The van der Waals surface area contributed by atoms with Gasteiger partial charge in [0.15, 0.2) is 0 Å². The molecule has 0 atom stereocenters. The Morgan fingerprint density at radius 1 is 0.553 bits per heavy atom. The van der Waals surface area contributed by atoms with Crippen molar-refractivity contribution >= 4 is 49.8 Å². The quantitative estimate of drug-likeness (QED) is 0.197. The number of anilines is 3. The molecule has 7 aromatic rings. The van der Waals surface area contributed by atoms with Crippen LogP contribution in [0.2, 0.25) is 0 Å². The number of hydrogen-bond acceptors (Lipinski definition) is 2. The van der Waals surface area contributed by atoms with Gasteiger partial charge >= 0.3 is 0 Å². The maximum atomic E-state index is 6.80. The molecule has 1 aliphatic carbocycles. The second-order valence-corrected chi connectivity index (χ2v) is 15.9. The maximum absolute atomic E-state index is 6.80. The maximum Gasteiger partial charge on any atom is 0.137 e. The van der Waals surface area contributed by atoms with Gasteiger partial charge in [-0.05, 0) is 86.0 Å². The highest BCUT2D eigenvalue weighted by atomic mass is 16.3. The molecule has 0 aliphatic heterocycles. The van der Waals surface area contributed by atoms with E-state index in [9.17, 15) is 0 Å². The molecule has 1 heterocycles. The third-order valence-corrected chi connectivity index (χ3v) is 10.3. The van der Waals surface area contributed by atoms with Crippen molar-refractivity contribution in [1.82, 2.24) is 0 Å². The molecule has 0 saturated heterocycles. The zero-order valence-electron chi connectivity index (χ0n) is 28.8. The van der Waals surface area contributed by atoms with Crippen LogP contribution in [0.5, 0.6) is 0 Å². The SMILES string of the molecule is CC(C)(C)c1cc(C(C)(C)C)c2c(c1)oc1cccc(N(c3ccc4c(c3)C(C)(C)c3ccccc3-4)c3cccc4ccccc34)c12. The molecule has 1 aromatic heterocycles. The monoisotopic (exact) mass is 613 g/mol. The minimum Gasteiger partial charge on any atom is -0.456 e. The Hall–Kier alpha value is -4.82. The normalized spacial score (nSPS) is 14.1. The molecule has 6 aromatic carbocycles. The van der Waals surface area contributed by atoms with E-state index in [2.05, 4.69) is 176 Å². The van der Waals surface area contributed by atoms with Gasteiger partial charge in [0.2, 0.25) is 0 Å². The van der Waals surface area contributed by atoms with E-state index in [1.165, 1.54) is 49.5 Å². The highest BCUT2D eigenvalue weighted by molar-refractivity contribution is 6.16. The zero-order valence-corrected chi connectivity index (χ0v) is 28.8. The highest BCUT2D eigenvalue weighted by Gasteiger charge is 2.36. The summed E-state index contributed by atoms with van der Waals surface area (Å²) >= 11 is 0. The van der Waals surface area contributed by atoms with Gasteiger partial charge in [0.1, 0.15) is 11.2 Å². The van der Waals surface area contributed by atoms with E-state index in [1.807, 2.05) is 0 Å². The van der Waals surface area contributed by atoms with Gasteiger partial charge in [-0.15, -0.1) is 0 Å². The van der Waals surface area contributed by atoms with Crippen LogP contribution in [0.15, 0.2) is 120 Å². The summed E-state index contributed by atoms with van der Waals surface area (Å²) in [6.07, 6.45) is 0. The number of nitrogens with zero attached hydrogens (tertiary/aromatic N) is 1. The van der Waals surface area contributed by atoms with Crippen LogP contribution in [0.4, 0.5) is 17.1 Å². The first kappa shape index (κ1) is 29.6. The van der Waals surface area contributed by atoms with Crippen LogP contribution >= 0.6 is 0 Å². The molecule has 0 saturated carbocycles. The van der Waals surface area contributed by atoms with Crippen LogP contribution in [0.1, 0.15) is 77.6 Å². The molecule has 1 aliphatic rings. The van der Waals surface area contributed by atoms with Crippen molar-refractivity contribution in [2.45, 2.75) is 71.6 Å². The lowest BCUT2D eigenvalue weighted by molar-refractivity contribution is 0.569. The van der Waals surface area contributed by atoms with Crippen molar-refractivity contribution in [3.63, 3.8) is 0 Å². The Morgan fingerprint density at radius 2 is 1.23 bits per heavy atom. The zero-order chi connectivity index (χ0) is 32.9. The van der Waals surface area contributed by atoms with Gasteiger partial charge in [0.25, 0.3) is 0 Å². The van der Waals surface area contributed by atoms with Crippen molar-refractivity contribution in [2.75, 3.05) is 4.90 Å². The minimum atomic E-state index is -0.108. The van der Waals surface area contributed by atoms with Crippen LogP contribution in [0.25, 0.3) is 43.8 Å². The number of rotatable bonds is 3. The molecule has 0 radical (unpaired) electrons. The first-order valence-electron chi connectivity index (χ1n) is 16.9. The Bertz CT molecular complexity index is 2350. The second kappa shape index (κ2) is 10.1. The molecule has 47 heavy (non-hydrogen) atoms. The Labute approximate surface area is 278 Å². The smallest absolute Gasteiger partial charge is 0.137 e. The second-order valence-electron chi connectivity index (χ2n) is 15.9. The Balaban J connectivity index is 1.47. The van der Waals surface area contributed by atoms with E-state index in [1.54, 1.807) is 0 Å². The number of fused-ring (bicyclic) bond motifs is 7. The number of benzene rings is 6. The molecule has 234 valence electrons. The molecule has 0 amide bonds. The third kappa shape index (κ3) is 4.53. The van der Waals surface area contributed by atoms with E-state index >= 15 is 0 Å². The van der Waals surface area contributed by atoms with Crippen molar-refractivity contribution in [2.24, 2.45) is 0 Å². The number of hydrogen-bond donors (Lipinski definition) is 0. The topological polar surface area (TPSA) is 16.4 Å². The molecule has 8 rings (SSSR count). The fourth-order valence-corrected chi connectivity index (χ4v) is 7.78. The average Bonchev–Trinajstić information content (AvgIpc) is 3.53. The molecule has 0 unspecified atom stereocenters. The van der Waals surface area contributed by atoms with Gasteiger partial charge in [-0.3, -0.25) is 0 Å². The Kier molecular flexibility index (Phi) is 6.35. The summed E-state index contributed by atoms with van der Waals surface area (Å²) in [5, 5.41) is 4.80. The standard InChI is InChI=1S/C45H43NO/c1-43(2,3)29-25-36(44(4,5)6)41-40(26-29)47-39-22-14-21-38(42(39)41)46(37-20-13-16-28-15-9-10-17-31(28)37)30-23-24-33-32-18-11-12-19-34(32)45(7,8)35(33)27-30/h9-27H,1-8H3. The predicted molar refractivity (Wildman–Crippen MR) is 201 cm³/mol. The van der Waals surface area contributed by atoms with Crippen LogP contribution in [0, 0.1) is 0 Å². The number of furan rings is 1. The van der Waals surface area contributed by atoms with E-state index < -0.39 is 0 Å². The van der Waals surface area contributed by atoms with Crippen LogP contribution in [-0.4, -0.2) is 0 Å². The fourth-order valence-electron chi connectivity index (χ4n) is 7.78. The van der Waals surface area contributed by atoms with Gasteiger partial charge in [0.05, 0.1) is 16.8 Å². The molecular formula is C45H43NO. The molecule has 0 spiro atoms. The van der Waals surface area contributed by atoms with Gasteiger partial charge < -0.3 is 9.32 Å². The van der Waals surface area contributed by atoms with E-state index in [-0.39, 0.29) is 16.2 Å². The fraction of sp³-hybridized carbons (Fsp3) is 0.244. The van der Waals surface area contributed by atoms with Crippen molar-refractivity contribution < 1.29 is 4.42 Å². The summed E-state index contributed by atoms with van der Waals surface area (Å²) < 4.78 is 6.80. The van der Waals surface area contributed by atoms with Gasteiger partial charge in [-0.2, -0.15) is 0 Å². The molecule has 0 fully saturated rings. The van der Waals surface area contributed by atoms with Crippen LogP contribution < -0.4 is 4.90 Å². The van der Waals surface area contributed by atoms with Gasteiger partial charge in [-0.25, -0.2) is 0 Å². The van der Waals surface area contributed by atoms with Crippen molar-refractivity contribution in [1.29, 1.82) is 0 Å². The predicted octanol–water partition coefficient (Wildman–Crippen LogP) is 13.1. The summed E-state index contributed by atoms with van der Waals surface area (Å²) in [4.78, 5) is 2.48. The summed E-state index contributed by atoms with van der Waals surface area (Å²) in [6.45, 7) is 18.5. The van der Waals surface area contributed by atoms with Crippen molar-refractivity contribution in [3.8, 4) is 11.1 Å². The van der Waals surface area contributed by atoms with E-state index in [4.69, 9.17) is 4.42 Å². The van der Waals surface area contributed by atoms with Crippen molar-refractivity contribution in [3.05, 3.63) is 138 Å². The largest absolute Gasteiger partial charge is 0.456 e. The average molecular weight is 614 g/mol. The highest BCUT2D eigenvalue weighted by Crippen LogP contribution is 2.52. The summed E-state index contributed by atoms with van der Waals surface area (Å²) in [5.74, 6) is 0. The molecule has 0 N–H and O–H groups in total. The summed E-state index contributed by atoms with van der Waals surface area (Å²) in [5.41, 5.74) is 13.1. The summed E-state index contributed by atoms with van der Waals surface area (Å²) in [6, 6.07) is 42.6. The van der Waals surface area contributed by atoms with Gasteiger partial charge in [0, 0.05) is 21.9 Å². The molecular weight excluding hydrogens is 571 g/mol. The van der Waals surface area contributed by atoms with Gasteiger partial charge in [-0.1, -0.05) is 134 Å². The van der Waals surface area contributed by atoms with E-state index in [0.29, 0.717) is 0 Å². The molecule has 0 bridgehead atoms. The lowest BCUT2D eigenvalue weighted by atomic mass is 9.78. The first-order chi connectivity index (χ1) is 22.3. The van der Waals surface area contributed by atoms with E-state index in [0.717, 1.165) is 33.6 Å². The van der Waals surface area contributed by atoms with Crippen LogP contribution in [-0.2, 0) is 16.2 Å². The lowest BCUT2D eigenvalue weighted by Crippen LogP contribution is -2.17. The summed E-state index contributed by atoms with van der Waals surface area (Å²) in [7, 11) is 0. The Morgan fingerprint density at radius 3 is 2.02 bits per heavy atom. The molecule has 2 nitrogen and oxygen atoms in total. The third-order valence-electron chi connectivity index (χ3n) is 10.3.